The molecule has 1 aliphatic heterocycles. The molecule has 0 aromatic heterocycles. The van der Waals surface area contributed by atoms with Gasteiger partial charge in [0.1, 0.15) is 11.0 Å². The van der Waals surface area contributed by atoms with Gasteiger partial charge in [0.05, 0.1) is 0 Å². The topological polar surface area (TPSA) is 23.1 Å². The van der Waals surface area contributed by atoms with Crippen molar-refractivity contribution in [2.45, 2.75) is 58.6 Å². The minimum Gasteiger partial charge on any atom is -0.616 e. The summed E-state index contributed by atoms with van der Waals surface area (Å²) in [5, 5.41) is 0.289. The molecule has 0 spiro atoms. The molecule has 1 heterocycles. The van der Waals surface area contributed by atoms with Crippen LogP contribution in [0.4, 0.5) is 0 Å². The van der Waals surface area contributed by atoms with E-state index in [1.807, 2.05) is 0 Å². The van der Waals surface area contributed by atoms with Crippen LogP contribution in [-0.2, 0) is 11.2 Å². The predicted molar refractivity (Wildman–Crippen MR) is 75.5 cm³/mol. The summed E-state index contributed by atoms with van der Waals surface area (Å²) in [7, 11) is 0. The van der Waals surface area contributed by atoms with Gasteiger partial charge in [0.25, 0.3) is 0 Å². The van der Waals surface area contributed by atoms with Crippen molar-refractivity contribution < 1.29 is 4.55 Å². The molecule has 0 radical (unpaired) electrons. The van der Waals surface area contributed by atoms with Crippen molar-refractivity contribution in [2.24, 2.45) is 5.41 Å². The van der Waals surface area contributed by atoms with Crippen molar-refractivity contribution in [2.75, 3.05) is 5.75 Å². The van der Waals surface area contributed by atoms with Crippen LogP contribution in [0.15, 0.2) is 22.8 Å². The highest BCUT2D eigenvalue weighted by Crippen LogP contribution is 2.44. The minimum atomic E-state index is -0.667. The Labute approximate surface area is 109 Å². The van der Waals surface area contributed by atoms with E-state index in [0.717, 1.165) is 12.2 Å². The van der Waals surface area contributed by atoms with Gasteiger partial charge in [0.2, 0.25) is 0 Å². The summed E-state index contributed by atoms with van der Waals surface area (Å²) >= 11 is -0.667. The van der Waals surface area contributed by atoms with E-state index in [2.05, 4.69) is 33.8 Å². The van der Waals surface area contributed by atoms with E-state index in [-0.39, 0.29) is 5.25 Å². The number of rotatable bonds is 2. The molecule has 2 unspecified atom stereocenters. The smallest absolute Gasteiger partial charge is 0.140 e. The van der Waals surface area contributed by atoms with Crippen molar-refractivity contribution in [1.82, 2.24) is 0 Å². The summed E-state index contributed by atoms with van der Waals surface area (Å²) < 4.78 is 12.0. The molecule has 2 heteroatoms. The summed E-state index contributed by atoms with van der Waals surface area (Å²) in [6, 6.07) is 0. The summed E-state index contributed by atoms with van der Waals surface area (Å²) in [6.07, 6.45) is 7.01. The highest BCUT2D eigenvalue weighted by Gasteiger charge is 2.36. The Morgan fingerprint density at radius 3 is 2.65 bits per heavy atom. The number of allylic oxidation sites excluding steroid dienone is 2. The largest absolute Gasteiger partial charge is 0.616 e. The Morgan fingerprint density at radius 1 is 1.41 bits per heavy atom. The maximum absolute atomic E-state index is 12.0. The maximum atomic E-state index is 12.0. The second kappa shape index (κ2) is 4.81. The average Bonchev–Trinajstić information content (AvgIpc) is 2.53. The van der Waals surface area contributed by atoms with E-state index >= 15 is 0 Å². The van der Waals surface area contributed by atoms with Crippen LogP contribution >= 0.6 is 0 Å². The molecule has 0 bridgehead atoms. The van der Waals surface area contributed by atoms with E-state index in [4.69, 9.17) is 0 Å². The third-order valence-electron chi connectivity index (χ3n) is 4.47. The van der Waals surface area contributed by atoms with Crippen molar-refractivity contribution >= 4 is 11.2 Å². The van der Waals surface area contributed by atoms with Crippen LogP contribution in [0.2, 0.25) is 0 Å². The third-order valence-corrected chi connectivity index (χ3v) is 6.14. The van der Waals surface area contributed by atoms with Gasteiger partial charge in [-0.05, 0) is 61.3 Å². The molecular weight excluding hydrogens is 228 g/mol. The molecule has 2 aliphatic rings. The molecule has 2 rings (SSSR count). The fourth-order valence-electron chi connectivity index (χ4n) is 3.23. The molecule has 17 heavy (non-hydrogen) atoms. The Bertz CT molecular complexity index is 365. The van der Waals surface area contributed by atoms with Gasteiger partial charge in [0.15, 0.2) is 0 Å². The Balaban J connectivity index is 2.19. The van der Waals surface area contributed by atoms with E-state index in [9.17, 15) is 4.55 Å². The minimum absolute atomic E-state index is 0.289. The van der Waals surface area contributed by atoms with Crippen molar-refractivity contribution in [3.8, 4) is 0 Å². The zero-order valence-electron chi connectivity index (χ0n) is 11.5. The molecule has 96 valence electrons. The molecule has 0 aromatic rings. The normalized spacial score (nSPS) is 32.9. The zero-order valence-corrected chi connectivity index (χ0v) is 12.3. The van der Waals surface area contributed by atoms with Gasteiger partial charge in [-0.2, -0.15) is 0 Å². The SMILES string of the molecule is CC1=CC[S+]([O-])C1CC1=C(C)CCCC1(C)C. The fraction of sp³-hybridized carbons (Fsp3) is 0.733. The van der Waals surface area contributed by atoms with Crippen LogP contribution in [0.5, 0.6) is 0 Å². The Hall–Kier alpha value is -0.210. The Kier molecular flexibility index (Phi) is 3.74. The lowest BCUT2D eigenvalue weighted by Crippen LogP contribution is -2.27. The van der Waals surface area contributed by atoms with Crippen LogP contribution in [0.25, 0.3) is 0 Å². The zero-order chi connectivity index (χ0) is 12.6. The Morgan fingerprint density at radius 2 is 2.12 bits per heavy atom. The monoisotopic (exact) mass is 252 g/mol. The molecule has 1 nitrogen and oxygen atoms in total. The summed E-state index contributed by atoms with van der Waals surface area (Å²) in [4.78, 5) is 0. The first-order valence-corrected chi connectivity index (χ1v) is 8.03. The molecule has 0 fully saturated rings. The first kappa shape index (κ1) is 13.2. The third kappa shape index (κ3) is 2.63. The van der Waals surface area contributed by atoms with Gasteiger partial charge >= 0.3 is 0 Å². The second-order valence-electron chi connectivity index (χ2n) is 6.18. The van der Waals surface area contributed by atoms with E-state index < -0.39 is 11.2 Å². The molecule has 0 saturated heterocycles. The lowest BCUT2D eigenvalue weighted by Gasteiger charge is -2.36. The van der Waals surface area contributed by atoms with Gasteiger partial charge < -0.3 is 4.55 Å². The fourth-order valence-corrected chi connectivity index (χ4v) is 4.76. The average molecular weight is 252 g/mol. The second-order valence-corrected chi connectivity index (χ2v) is 7.85. The number of hydrogen-bond donors (Lipinski definition) is 0. The van der Waals surface area contributed by atoms with Crippen molar-refractivity contribution in [1.29, 1.82) is 0 Å². The van der Waals surface area contributed by atoms with Gasteiger partial charge in [-0.1, -0.05) is 25.0 Å². The molecule has 0 amide bonds. The van der Waals surface area contributed by atoms with Crippen LogP contribution in [-0.4, -0.2) is 15.6 Å². The standard InChI is InChI=1S/C15H24OS/c1-11-6-5-8-15(3,4)13(11)10-14-12(2)7-9-17(14)16/h7,14H,5-6,8-10H2,1-4H3. The lowest BCUT2D eigenvalue weighted by atomic mass is 9.71. The quantitative estimate of drug-likeness (QED) is 0.538. The molecule has 0 N–H and O–H groups in total. The molecule has 1 aliphatic carbocycles. The summed E-state index contributed by atoms with van der Waals surface area (Å²) in [6.45, 7) is 9.11. The molecule has 2 atom stereocenters. The van der Waals surface area contributed by atoms with Crippen LogP contribution < -0.4 is 0 Å². The number of hydrogen-bond acceptors (Lipinski definition) is 1. The van der Waals surface area contributed by atoms with Crippen molar-refractivity contribution in [3.05, 3.63) is 22.8 Å². The first-order chi connectivity index (χ1) is 7.92. The van der Waals surface area contributed by atoms with Crippen LogP contribution in [0.3, 0.4) is 0 Å². The van der Waals surface area contributed by atoms with E-state index in [1.54, 1.807) is 11.1 Å². The van der Waals surface area contributed by atoms with Gasteiger partial charge in [-0.3, -0.25) is 0 Å². The summed E-state index contributed by atoms with van der Waals surface area (Å²) in [5.41, 5.74) is 4.79. The predicted octanol–water partition coefficient (Wildman–Crippen LogP) is 3.98. The van der Waals surface area contributed by atoms with E-state index in [1.165, 1.54) is 24.8 Å². The first-order valence-electron chi connectivity index (χ1n) is 6.65. The van der Waals surface area contributed by atoms with Gasteiger partial charge in [-0.15, -0.1) is 0 Å². The van der Waals surface area contributed by atoms with Crippen LogP contribution in [0, 0.1) is 5.41 Å². The molecular formula is C15H24OS. The lowest BCUT2D eigenvalue weighted by molar-refractivity contribution is 0.354. The molecule has 0 saturated carbocycles. The van der Waals surface area contributed by atoms with E-state index in [0.29, 0.717) is 5.41 Å². The highest BCUT2D eigenvalue weighted by molar-refractivity contribution is 7.92. The van der Waals surface area contributed by atoms with Gasteiger partial charge in [0, 0.05) is 6.42 Å². The molecule has 0 aromatic carbocycles. The highest BCUT2D eigenvalue weighted by atomic mass is 32.2. The maximum Gasteiger partial charge on any atom is 0.140 e. The van der Waals surface area contributed by atoms with Gasteiger partial charge in [-0.25, -0.2) is 0 Å². The summed E-state index contributed by atoms with van der Waals surface area (Å²) in [5.74, 6) is 0.767. The van der Waals surface area contributed by atoms with Crippen LogP contribution in [0.1, 0.15) is 53.4 Å². The van der Waals surface area contributed by atoms with Crippen molar-refractivity contribution in [3.63, 3.8) is 0 Å².